The Morgan fingerprint density at radius 1 is 1.38 bits per heavy atom. The summed E-state index contributed by atoms with van der Waals surface area (Å²) in [5, 5.41) is 10.4. The predicted octanol–water partition coefficient (Wildman–Crippen LogP) is 3.22. The average molecular weight is 199 g/mol. The molecule has 0 aliphatic heterocycles. The SMILES string of the molecule is CC.Cc1cccc(S)c1[N+](=O)[O-]. The second-order valence-corrected chi connectivity index (χ2v) is 2.68. The zero-order chi connectivity index (χ0) is 10.4. The van der Waals surface area contributed by atoms with Crippen LogP contribution in [0.25, 0.3) is 0 Å². The number of hydrogen-bond acceptors (Lipinski definition) is 3. The number of thiol groups is 1. The van der Waals surface area contributed by atoms with Gasteiger partial charge in [-0.2, -0.15) is 0 Å². The van der Waals surface area contributed by atoms with Crippen molar-refractivity contribution in [2.75, 3.05) is 0 Å². The minimum absolute atomic E-state index is 0.0934. The van der Waals surface area contributed by atoms with Crippen LogP contribution in [-0.4, -0.2) is 4.92 Å². The maximum Gasteiger partial charge on any atom is 0.285 e. The second kappa shape index (κ2) is 5.59. The van der Waals surface area contributed by atoms with Crippen LogP contribution in [0.4, 0.5) is 5.69 Å². The molecular weight excluding hydrogens is 186 g/mol. The number of nitrogens with zero attached hydrogens (tertiary/aromatic N) is 1. The Labute approximate surface area is 83.3 Å². The Bertz CT molecular complexity index is 279. The quantitative estimate of drug-likeness (QED) is 0.428. The first-order valence-electron chi connectivity index (χ1n) is 4.06. The molecule has 1 aromatic rings. The highest BCUT2D eigenvalue weighted by Crippen LogP contribution is 2.25. The van der Waals surface area contributed by atoms with E-state index in [4.69, 9.17) is 0 Å². The van der Waals surface area contributed by atoms with Gasteiger partial charge in [0.2, 0.25) is 0 Å². The monoisotopic (exact) mass is 199 g/mol. The van der Waals surface area contributed by atoms with Crippen LogP contribution >= 0.6 is 12.6 Å². The first-order valence-corrected chi connectivity index (χ1v) is 4.50. The highest BCUT2D eigenvalue weighted by Gasteiger charge is 2.12. The highest BCUT2D eigenvalue weighted by atomic mass is 32.1. The number of hydrogen-bond donors (Lipinski definition) is 1. The van der Waals surface area contributed by atoms with Gasteiger partial charge in [-0.05, 0) is 13.0 Å². The first-order chi connectivity index (χ1) is 6.13. The summed E-state index contributed by atoms with van der Waals surface area (Å²) in [5.74, 6) is 0. The van der Waals surface area contributed by atoms with E-state index in [1.807, 2.05) is 13.8 Å². The molecule has 0 radical (unpaired) electrons. The lowest BCUT2D eigenvalue weighted by Gasteiger charge is -1.97. The molecule has 13 heavy (non-hydrogen) atoms. The van der Waals surface area contributed by atoms with Gasteiger partial charge in [-0.25, -0.2) is 0 Å². The van der Waals surface area contributed by atoms with Gasteiger partial charge in [-0.15, -0.1) is 12.6 Å². The number of nitro groups is 1. The molecule has 0 heterocycles. The molecule has 0 aromatic heterocycles. The molecule has 0 saturated heterocycles. The summed E-state index contributed by atoms with van der Waals surface area (Å²) in [6, 6.07) is 5.04. The molecule has 0 N–H and O–H groups in total. The Morgan fingerprint density at radius 3 is 2.23 bits per heavy atom. The summed E-state index contributed by atoms with van der Waals surface area (Å²) in [4.78, 5) is 10.4. The fourth-order valence-corrected chi connectivity index (χ4v) is 1.23. The molecule has 0 bridgehead atoms. The smallest absolute Gasteiger partial charge is 0.258 e. The van der Waals surface area contributed by atoms with Crippen molar-refractivity contribution in [2.24, 2.45) is 0 Å². The third-order valence-corrected chi connectivity index (χ3v) is 1.76. The molecule has 1 aromatic carbocycles. The summed E-state index contributed by atoms with van der Waals surface area (Å²) in [5.41, 5.74) is 0.735. The summed E-state index contributed by atoms with van der Waals surface area (Å²) >= 11 is 3.97. The molecule has 4 heteroatoms. The van der Waals surface area contributed by atoms with Crippen molar-refractivity contribution in [3.05, 3.63) is 33.9 Å². The summed E-state index contributed by atoms with van der Waals surface area (Å²) in [7, 11) is 0. The van der Waals surface area contributed by atoms with Crippen molar-refractivity contribution in [2.45, 2.75) is 25.7 Å². The Hall–Kier alpha value is -1.03. The molecule has 0 saturated carbocycles. The highest BCUT2D eigenvalue weighted by molar-refractivity contribution is 7.80. The minimum Gasteiger partial charge on any atom is -0.258 e. The number of rotatable bonds is 1. The zero-order valence-electron chi connectivity index (χ0n) is 7.94. The number of benzene rings is 1. The molecule has 0 aliphatic rings. The molecule has 0 amide bonds. The van der Waals surface area contributed by atoms with Gasteiger partial charge in [0, 0.05) is 5.56 Å². The van der Waals surface area contributed by atoms with Crippen LogP contribution in [-0.2, 0) is 0 Å². The van der Waals surface area contributed by atoms with Crippen LogP contribution in [0.15, 0.2) is 23.1 Å². The van der Waals surface area contributed by atoms with E-state index >= 15 is 0 Å². The van der Waals surface area contributed by atoms with Crippen molar-refractivity contribution in [3.63, 3.8) is 0 Å². The van der Waals surface area contributed by atoms with Crippen molar-refractivity contribution >= 4 is 18.3 Å². The maximum absolute atomic E-state index is 10.4. The van der Waals surface area contributed by atoms with E-state index in [0.717, 1.165) is 0 Å². The van der Waals surface area contributed by atoms with Gasteiger partial charge >= 0.3 is 0 Å². The van der Waals surface area contributed by atoms with Crippen LogP contribution in [0.5, 0.6) is 0 Å². The van der Waals surface area contributed by atoms with Crippen molar-refractivity contribution in [1.29, 1.82) is 0 Å². The van der Waals surface area contributed by atoms with Gasteiger partial charge in [0.1, 0.15) is 0 Å². The van der Waals surface area contributed by atoms with Crippen LogP contribution in [0.1, 0.15) is 19.4 Å². The lowest BCUT2D eigenvalue weighted by Crippen LogP contribution is -1.92. The fourth-order valence-electron chi connectivity index (χ4n) is 0.881. The third-order valence-electron chi connectivity index (χ3n) is 1.40. The van der Waals surface area contributed by atoms with Gasteiger partial charge in [0.05, 0.1) is 9.82 Å². The number of aryl methyl sites for hydroxylation is 1. The van der Waals surface area contributed by atoms with E-state index < -0.39 is 4.92 Å². The molecule has 0 aliphatic carbocycles. The van der Waals surface area contributed by atoms with Crippen LogP contribution in [0, 0.1) is 17.0 Å². The molecule has 72 valence electrons. The molecule has 0 unspecified atom stereocenters. The Morgan fingerprint density at radius 2 is 1.92 bits per heavy atom. The van der Waals surface area contributed by atoms with Gasteiger partial charge in [0.25, 0.3) is 5.69 Å². The third kappa shape index (κ3) is 3.06. The molecule has 0 spiro atoms. The van der Waals surface area contributed by atoms with Crippen LogP contribution in [0.3, 0.4) is 0 Å². The molecular formula is C9H13NO2S. The van der Waals surface area contributed by atoms with Crippen molar-refractivity contribution in [3.8, 4) is 0 Å². The van der Waals surface area contributed by atoms with E-state index in [2.05, 4.69) is 12.6 Å². The van der Waals surface area contributed by atoms with Gasteiger partial charge < -0.3 is 0 Å². The van der Waals surface area contributed by atoms with Gasteiger partial charge in [0.15, 0.2) is 0 Å². The van der Waals surface area contributed by atoms with Crippen LogP contribution in [0.2, 0.25) is 0 Å². The predicted molar refractivity (Wildman–Crippen MR) is 56.4 cm³/mol. The van der Waals surface area contributed by atoms with Crippen molar-refractivity contribution < 1.29 is 4.92 Å². The Kier molecular flexibility index (Phi) is 5.14. The fraction of sp³-hybridized carbons (Fsp3) is 0.333. The normalized spacial score (nSPS) is 8.62. The maximum atomic E-state index is 10.4. The molecule has 1 rings (SSSR count). The van der Waals surface area contributed by atoms with Gasteiger partial charge in [-0.3, -0.25) is 10.1 Å². The second-order valence-electron chi connectivity index (χ2n) is 2.20. The van der Waals surface area contributed by atoms with Gasteiger partial charge in [-0.1, -0.05) is 26.0 Å². The van der Waals surface area contributed by atoms with E-state index in [0.29, 0.717) is 10.5 Å². The largest absolute Gasteiger partial charge is 0.285 e. The first kappa shape index (κ1) is 12.0. The average Bonchev–Trinajstić information content (AvgIpc) is 2.07. The van der Waals surface area contributed by atoms with E-state index in [1.54, 1.807) is 25.1 Å². The number of nitro benzene ring substituents is 1. The lowest BCUT2D eigenvalue weighted by atomic mass is 10.2. The van der Waals surface area contributed by atoms with E-state index in [9.17, 15) is 10.1 Å². The zero-order valence-corrected chi connectivity index (χ0v) is 8.84. The molecule has 0 atom stereocenters. The summed E-state index contributed by atoms with van der Waals surface area (Å²) in [6.45, 7) is 5.69. The summed E-state index contributed by atoms with van der Waals surface area (Å²) in [6.07, 6.45) is 0. The standard InChI is InChI=1S/C7H7NO2S.C2H6/c1-5-3-2-4-6(11)7(5)8(9)10;1-2/h2-4,11H,1H3;1-2H3. The molecule has 3 nitrogen and oxygen atoms in total. The van der Waals surface area contributed by atoms with Crippen molar-refractivity contribution in [1.82, 2.24) is 0 Å². The molecule has 0 fully saturated rings. The Balaban J connectivity index is 0.000000671. The minimum atomic E-state index is -0.419. The van der Waals surface area contributed by atoms with E-state index in [-0.39, 0.29) is 5.69 Å². The van der Waals surface area contributed by atoms with E-state index in [1.165, 1.54) is 0 Å². The van der Waals surface area contributed by atoms with Crippen LogP contribution < -0.4 is 0 Å². The number of para-hydroxylation sites is 1. The topological polar surface area (TPSA) is 43.1 Å². The lowest BCUT2D eigenvalue weighted by molar-refractivity contribution is -0.388. The summed E-state index contributed by atoms with van der Waals surface area (Å²) < 4.78 is 0.